The molecule has 3 heterocycles. The number of hydrogen-bond acceptors (Lipinski definition) is 6. The average molecular weight is 484 g/mol. The largest absolute Gasteiger partial charge is 0.399 e. The Labute approximate surface area is 209 Å². The van der Waals surface area contributed by atoms with E-state index >= 15 is 0 Å². The Balaban J connectivity index is 0.00000253. The van der Waals surface area contributed by atoms with E-state index in [1.807, 2.05) is 53.1 Å². The number of nitrogen functional groups attached to an aromatic ring is 2. The Kier molecular flexibility index (Phi) is 5.67. The van der Waals surface area contributed by atoms with Crippen molar-refractivity contribution in [3.8, 4) is 28.3 Å². The molecule has 6 rings (SSSR count). The van der Waals surface area contributed by atoms with Crippen LogP contribution >= 0.6 is 12.4 Å². The Morgan fingerprint density at radius 2 is 1.66 bits per heavy atom. The molecule has 3 aromatic heterocycles. The van der Waals surface area contributed by atoms with Gasteiger partial charge in [-0.15, -0.1) is 12.4 Å². The second-order valence-corrected chi connectivity index (χ2v) is 8.93. The molecule has 0 saturated heterocycles. The van der Waals surface area contributed by atoms with Gasteiger partial charge in [-0.05, 0) is 73.4 Å². The number of nitrogens with two attached hydrogens (primary N) is 3. The zero-order chi connectivity index (χ0) is 23.3. The topological polar surface area (TPSA) is 122 Å². The molecule has 0 bridgehead atoms. The molecule has 8 heteroatoms. The number of halogens is 1. The van der Waals surface area contributed by atoms with Gasteiger partial charge in [0, 0.05) is 28.7 Å². The summed E-state index contributed by atoms with van der Waals surface area (Å²) >= 11 is 0. The van der Waals surface area contributed by atoms with Crippen LogP contribution in [-0.4, -0.2) is 19.5 Å². The number of anilines is 2. The fourth-order valence-corrected chi connectivity index (χ4v) is 4.64. The molecule has 1 saturated carbocycles. The molecular weight excluding hydrogens is 458 g/mol. The highest BCUT2D eigenvalue weighted by Gasteiger charge is 2.34. The molecule has 6 N–H and O–H groups in total. The Hall–Kier alpha value is -3.94. The average Bonchev–Trinajstić information content (AvgIpc) is 3.21. The van der Waals surface area contributed by atoms with Gasteiger partial charge in [0.05, 0.1) is 11.3 Å². The van der Waals surface area contributed by atoms with E-state index in [9.17, 15) is 0 Å². The van der Waals surface area contributed by atoms with Crippen molar-refractivity contribution >= 4 is 35.1 Å². The van der Waals surface area contributed by atoms with Crippen molar-refractivity contribution in [1.82, 2.24) is 19.5 Å². The first-order valence-electron chi connectivity index (χ1n) is 11.4. The summed E-state index contributed by atoms with van der Waals surface area (Å²) in [6.07, 6.45) is 4.88. The highest BCUT2D eigenvalue weighted by atomic mass is 35.5. The molecule has 1 aliphatic rings. The van der Waals surface area contributed by atoms with Crippen LogP contribution in [0.1, 0.15) is 24.8 Å². The van der Waals surface area contributed by atoms with Crippen molar-refractivity contribution in [3.63, 3.8) is 0 Å². The summed E-state index contributed by atoms with van der Waals surface area (Å²) < 4.78 is 2.03. The van der Waals surface area contributed by atoms with Crippen LogP contribution in [0.5, 0.6) is 0 Å². The highest BCUT2D eigenvalue weighted by Crippen LogP contribution is 2.39. The Morgan fingerprint density at radius 1 is 0.857 bits per heavy atom. The Bertz CT molecular complexity index is 1520. The molecule has 0 aliphatic heterocycles. The normalized spacial score (nSPS) is 14.3. The number of imidazole rings is 1. The van der Waals surface area contributed by atoms with Gasteiger partial charge in [-0.1, -0.05) is 24.3 Å². The minimum atomic E-state index is -0.217. The van der Waals surface area contributed by atoms with Crippen LogP contribution in [0.4, 0.5) is 11.5 Å². The van der Waals surface area contributed by atoms with Gasteiger partial charge in [0.1, 0.15) is 11.3 Å². The predicted molar refractivity (Wildman–Crippen MR) is 143 cm³/mol. The second-order valence-electron chi connectivity index (χ2n) is 8.93. The number of fused-ring (bicyclic) bond motifs is 1. The maximum atomic E-state index is 6.55. The van der Waals surface area contributed by atoms with Gasteiger partial charge in [0.2, 0.25) is 0 Å². The zero-order valence-electron chi connectivity index (χ0n) is 19.1. The molecule has 2 aromatic carbocycles. The summed E-state index contributed by atoms with van der Waals surface area (Å²) in [6.45, 7) is 0. The van der Waals surface area contributed by atoms with E-state index in [0.717, 1.165) is 52.1 Å². The molecule has 1 aliphatic carbocycles. The summed E-state index contributed by atoms with van der Waals surface area (Å²) in [5.74, 6) is 1.11. The predicted octanol–water partition coefficient (Wildman–Crippen LogP) is 5.07. The number of rotatable bonds is 4. The van der Waals surface area contributed by atoms with Crippen molar-refractivity contribution in [2.24, 2.45) is 5.73 Å². The van der Waals surface area contributed by atoms with Crippen LogP contribution in [0.2, 0.25) is 0 Å². The fourth-order valence-electron chi connectivity index (χ4n) is 4.64. The first-order valence-corrected chi connectivity index (χ1v) is 11.4. The lowest BCUT2D eigenvalue weighted by Gasteiger charge is -2.38. The summed E-state index contributed by atoms with van der Waals surface area (Å²) in [4.78, 5) is 14.2. The van der Waals surface area contributed by atoms with E-state index in [-0.39, 0.29) is 17.9 Å². The molecule has 0 radical (unpaired) electrons. The molecule has 1 fully saturated rings. The lowest BCUT2D eigenvalue weighted by Crippen LogP contribution is -2.43. The maximum Gasteiger partial charge on any atom is 0.165 e. The second kappa shape index (κ2) is 8.69. The van der Waals surface area contributed by atoms with Crippen LogP contribution in [0.15, 0.2) is 79.0 Å². The van der Waals surface area contributed by atoms with Crippen LogP contribution in [0.3, 0.4) is 0 Å². The number of hydrogen-bond donors (Lipinski definition) is 3. The monoisotopic (exact) mass is 483 g/mol. The molecule has 0 atom stereocenters. The molecule has 0 unspecified atom stereocenters. The zero-order valence-corrected chi connectivity index (χ0v) is 19.9. The van der Waals surface area contributed by atoms with Gasteiger partial charge >= 0.3 is 0 Å². The molecular formula is C27H26ClN7. The number of pyridine rings is 2. The highest BCUT2D eigenvalue weighted by molar-refractivity contribution is 5.85. The number of nitrogens with zero attached hydrogens (tertiary/aromatic N) is 4. The number of benzene rings is 2. The maximum absolute atomic E-state index is 6.55. The fraction of sp³-hybridized carbons (Fsp3) is 0.148. The third kappa shape index (κ3) is 3.88. The third-order valence-corrected chi connectivity index (χ3v) is 6.71. The van der Waals surface area contributed by atoms with Crippen molar-refractivity contribution in [2.75, 3.05) is 11.5 Å². The SMILES string of the molecule is Cl.Nc1cccc(-c2ccc3nc(-c4cccnc4N)n(-c4ccc(C5(N)CCC5)cc4)c3n2)c1. The van der Waals surface area contributed by atoms with Crippen molar-refractivity contribution in [3.05, 3.63) is 84.6 Å². The van der Waals surface area contributed by atoms with Crippen molar-refractivity contribution < 1.29 is 0 Å². The molecule has 0 amide bonds. The summed E-state index contributed by atoms with van der Waals surface area (Å²) in [7, 11) is 0. The van der Waals surface area contributed by atoms with Crippen LogP contribution < -0.4 is 17.2 Å². The standard InChI is InChI=1S/C27H25N7.ClH/c28-19-5-1-4-17(16-19)22-11-12-23-26(32-22)34(25(33-23)21-6-2-15-31-24(21)29)20-9-7-18(8-10-20)27(30)13-3-14-27;/h1-2,4-12,15-16H,3,13-14,28,30H2,(H2,29,31);1H. The van der Waals surface area contributed by atoms with Crippen molar-refractivity contribution in [1.29, 1.82) is 0 Å². The molecule has 176 valence electrons. The minimum Gasteiger partial charge on any atom is -0.399 e. The van der Waals surface area contributed by atoms with E-state index in [1.54, 1.807) is 6.20 Å². The lowest BCUT2D eigenvalue weighted by molar-refractivity contribution is 0.253. The molecule has 35 heavy (non-hydrogen) atoms. The van der Waals surface area contributed by atoms with E-state index in [2.05, 4.69) is 29.2 Å². The van der Waals surface area contributed by atoms with E-state index in [0.29, 0.717) is 17.3 Å². The van der Waals surface area contributed by atoms with Crippen molar-refractivity contribution in [2.45, 2.75) is 24.8 Å². The first-order chi connectivity index (χ1) is 16.5. The quantitative estimate of drug-likeness (QED) is 0.306. The molecule has 7 nitrogen and oxygen atoms in total. The molecule has 0 spiro atoms. The van der Waals surface area contributed by atoms with E-state index in [4.69, 9.17) is 27.2 Å². The van der Waals surface area contributed by atoms with Gasteiger partial charge in [0.15, 0.2) is 11.5 Å². The third-order valence-electron chi connectivity index (χ3n) is 6.71. The van der Waals surface area contributed by atoms with Crippen LogP contribution in [0.25, 0.3) is 39.5 Å². The molecule has 5 aromatic rings. The summed E-state index contributed by atoms with van der Waals surface area (Å²) in [5.41, 5.74) is 25.4. The lowest BCUT2D eigenvalue weighted by atomic mass is 9.73. The smallest absolute Gasteiger partial charge is 0.165 e. The van der Waals surface area contributed by atoms with Gasteiger partial charge in [0.25, 0.3) is 0 Å². The van der Waals surface area contributed by atoms with Crippen LogP contribution in [0, 0.1) is 0 Å². The van der Waals surface area contributed by atoms with E-state index < -0.39 is 0 Å². The Morgan fingerprint density at radius 3 is 2.34 bits per heavy atom. The van der Waals surface area contributed by atoms with E-state index in [1.165, 1.54) is 6.42 Å². The minimum absolute atomic E-state index is 0. The van der Waals surface area contributed by atoms with Gasteiger partial charge in [-0.3, -0.25) is 4.57 Å². The summed E-state index contributed by atoms with van der Waals surface area (Å²) in [6, 6.07) is 23.8. The van der Waals surface area contributed by atoms with Crippen LogP contribution in [-0.2, 0) is 5.54 Å². The van der Waals surface area contributed by atoms with Gasteiger partial charge in [-0.2, -0.15) is 0 Å². The summed E-state index contributed by atoms with van der Waals surface area (Å²) in [5, 5.41) is 0. The first kappa shape index (κ1) is 22.8. The van der Waals surface area contributed by atoms with Gasteiger partial charge < -0.3 is 17.2 Å². The number of aromatic nitrogens is 4. The van der Waals surface area contributed by atoms with Gasteiger partial charge in [-0.25, -0.2) is 15.0 Å².